The van der Waals surface area contributed by atoms with E-state index in [-0.39, 0.29) is 30.5 Å². The smallest absolute Gasteiger partial charge is 0.256 e. The van der Waals surface area contributed by atoms with E-state index in [4.69, 9.17) is 9.26 Å². The third-order valence-corrected chi connectivity index (χ3v) is 5.56. The number of aryl methyl sites for hydroxylation is 2. The molecule has 4 rings (SSSR count). The summed E-state index contributed by atoms with van der Waals surface area (Å²) in [5.41, 5.74) is 4.27. The number of amides is 1. The number of carbonyl (C=O) groups is 1. The van der Waals surface area contributed by atoms with Gasteiger partial charge in [-0.15, -0.1) is 0 Å². The van der Waals surface area contributed by atoms with Gasteiger partial charge in [-0.25, -0.2) is 4.39 Å². The normalized spacial score (nSPS) is 18.6. The molecule has 168 valence electrons. The first-order valence-electron chi connectivity index (χ1n) is 10.7. The third kappa shape index (κ3) is 4.65. The molecule has 3 heterocycles. The minimum atomic E-state index is -0.342. The van der Waals surface area contributed by atoms with Gasteiger partial charge in [0, 0.05) is 42.8 Å². The molecule has 1 aliphatic heterocycles. The van der Waals surface area contributed by atoms with E-state index in [2.05, 4.69) is 20.4 Å². The number of pyridine rings is 1. The van der Waals surface area contributed by atoms with Gasteiger partial charge >= 0.3 is 0 Å². The third-order valence-electron chi connectivity index (χ3n) is 5.56. The fraction of sp³-hybridized carbons (Fsp3) is 0.375. The van der Waals surface area contributed by atoms with Crippen molar-refractivity contribution in [2.24, 2.45) is 0 Å². The molecule has 0 radical (unpaired) electrons. The Hall–Kier alpha value is -3.26. The number of morpholine rings is 1. The molecule has 2 unspecified atom stereocenters. The predicted octanol–water partition coefficient (Wildman–Crippen LogP) is 4.04. The van der Waals surface area contributed by atoms with Crippen molar-refractivity contribution in [2.75, 3.05) is 18.0 Å². The number of carbonyl (C=O) groups excluding carboxylic acids is 1. The zero-order valence-electron chi connectivity index (χ0n) is 18.7. The lowest BCUT2D eigenvalue weighted by Gasteiger charge is -2.37. The fourth-order valence-electron chi connectivity index (χ4n) is 4.16. The lowest BCUT2D eigenvalue weighted by Crippen LogP contribution is -2.45. The van der Waals surface area contributed by atoms with Crippen LogP contribution in [0.15, 0.2) is 41.2 Å². The van der Waals surface area contributed by atoms with E-state index in [1.54, 1.807) is 25.3 Å². The highest BCUT2D eigenvalue weighted by Crippen LogP contribution is 2.33. The van der Waals surface area contributed by atoms with Gasteiger partial charge in [0.2, 0.25) is 0 Å². The molecule has 1 amide bonds. The fourth-order valence-corrected chi connectivity index (χ4v) is 4.16. The number of ether oxygens (including phenoxy) is 1. The lowest BCUT2D eigenvalue weighted by atomic mass is 9.97. The maximum absolute atomic E-state index is 15.5. The standard InChI is InChI=1S/C24H27FN4O3/c1-14-7-18(5-6-26-14)23-19(10-27-24(30)21-13-31-28-17(21)4)8-20(9-22(23)25)29-11-15(2)32-16(3)12-29/h5-9,13,15-16H,10-12H2,1-4H3,(H,27,30). The Labute approximate surface area is 186 Å². The van der Waals surface area contributed by atoms with Gasteiger partial charge in [0.15, 0.2) is 0 Å². The van der Waals surface area contributed by atoms with Crippen molar-refractivity contribution in [1.29, 1.82) is 0 Å². The second kappa shape index (κ2) is 9.08. The first-order chi connectivity index (χ1) is 15.3. The summed E-state index contributed by atoms with van der Waals surface area (Å²) in [5, 5.41) is 6.63. The van der Waals surface area contributed by atoms with E-state index >= 15 is 4.39 Å². The zero-order chi connectivity index (χ0) is 22.8. The topological polar surface area (TPSA) is 80.5 Å². The molecule has 1 fully saturated rings. The second-order valence-electron chi connectivity index (χ2n) is 8.31. The van der Waals surface area contributed by atoms with Crippen molar-refractivity contribution in [2.45, 2.75) is 46.4 Å². The van der Waals surface area contributed by atoms with Crippen molar-refractivity contribution < 1.29 is 18.4 Å². The van der Waals surface area contributed by atoms with Gasteiger partial charge in [-0.05, 0) is 63.1 Å². The summed E-state index contributed by atoms with van der Waals surface area (Å²) in [6.45, 7) is 9.07. The summed E-state index contributed by atoms with van der Waals surface area (Å²) in [6.07, 6.45) is 3.06. The molecule has 0 spiro atoms. The van der Waals surface area contributed by atoms with Crippen molar-refractivity contribution in [3.8, 4) is 11.1 Å². The SMILES string of the molecule is Cc1cc(-c2c(F)cc(N3CC(C)OC(C)C3)cc2CNC(=O)c2conc2C)ccn1. The molecule has 0 saturated carbocycles. The number of hydrogen-bond donors (Lipinski definition) is 1. The van der Waals surface area contributed by atoms with E-state index in [9.17, 15) is 4.79 Å². The van der Waals surface area contributed by atoms with Crippen LogP contribution in [0.3, 0.4) is 0 Å². The second-order valence-corrected chi connectivity index (χ2v) is 8.31. The lowest BCUT2D eigenvalue weighted by molar-refractivity contribution is -0.00523. The van der Waals surface area contributed by atoms with E-state index in [0.717, 1.165) is 16.9 Å². The van der Waals surface area contributed by atoms with Crippen LogP contribution in [0.5, 0.6) is 0 Å². The molecular weight excluding hydrogens is 411 g/mol. The van der Waals surface area contributed by atoms with Gasteiger partial charge in [-0.1, -0.05) is 5.16 Å². The average molecular weight is 439 g/mol. The molecule has 0 aliphatic carbocycles. The Bertz CT molecular complexity index is 1120. The maximum atomic E-state index is 15.5. The average Bonchev–Trinajstić information content (AvgIpc) is 3.17. The predicted molar refractivity (Wildman–Crippen MR) is 119 cm³/mol. The van der Waals surface area contributed by atoms with Crippen LogP contribution in [0.4, 0.5) is 10.1 Å². The Morgan fingerprint density at radius 2 is 1.97 bits per heavy atom. The first-order valence-corrected chi connectivity index (χ1v) is 10.7. The highest BCUT2D eigenvalue weighted by atomic mass is 19.1. The minimum absolute atomic E-state index is 0.0454. The van der Waals surface area contributed by atoms with E-state index in [1.807, 2.05) is 32.9 Å². The van der Waals surface area contributed by atoms with Crippen LogP contribution in [0.2, 0.25) is 0 Å². The van der Waals surface area contributed by atoms with Crippen molar-refractivity contribution in [3.63, 3.8) is 0 Å². The van der Waals surface area contributed by atoms with Crippen LogP contribution >= 0.6 is 0 Å². The summed E-state index contributed by atoms with van der Waals surface area (Å²) in [7, 11) is 0. The number of aromatic nitrogens is 2. The zero-order valence-corrected chi connectivity index (χ0v) is 18.7. The first kappa shape index (κ1) is 22.0. The number of rotatable bonds is 5. The van der Waals surface area contributed by atoms with E-state index < -0.39 is 0 Å². The van der Waals surface area contributed by atoms with Gasteiger partial charge in [-0.3, -0.25) is 9.78 Å². The molecular formula is C24H27FN4O3. The summed E-state index contributed by atoms with van der Waals surface area (Å²) in [5.74, 6) is -0.662. The Morgan fingerprint density at radius 3 is 2.62 bits per heavy atom. The largest absolute Gasteiger partial charge is 0.372 e. The van der Waals surface area contributed by atoms with Crippen molar-refractivity contribution in [3.05, 3.63) is 65.1 Å². The highest BCUT2D eigenvalue weighted by molar-refractivity contribution is 5.94. The van der Waals surface area contributed by atoms with Crippen LogP contribution in [-0.4, -0.2) is 41.3 Å². The Balaban J connectivity index is 1.71. The molecule has 1 saturated heterocycles. The van der Waals surface area contributed by atoms with Gasteiger partial charge in [-0.2, -0.15) is 0 Å². The van der Waals surface area contributed by atoms with Crippen LogP contribution in [-0.2, 0) is 11.3 Å². The minimum Gasteiger partial charge on any atom is -0.372 e. The van der Waals surface area contributed by atoms with Gasteiger partial charge in [0.05, 0.1) is 17.9 Å². The Morgan fingerprint density at radius 1 is 1.22 bits per heavy atom. The molecule has 1 aromatic carbocycles. The van der Waals surface area contributed by atoms with Crippen LogP contribution < -0.4 is 10.2 Å². The van der Waals surface area contributed by atoms with Crippen LogP contribution in [0.1, 0.15) is 41.2 Å². The quantitative estimate of drug-likeness (QED) is 0.648. The molecule has 0 bridgehead atoms. The van der Waals surface area contributed by atoms with E-state index in [1.165, 1.54) is 6.26 Å². The molecule has 7 nitrogen and oxygen atoms in total. The van der Waals surface area contributed by atoms with Crippen molar-refractivity contribution >= 4 is 11.6 Å². The summed E-state index contributed by atoms with van der Waals surface area (Å²) in [6, 6.07) is 7.12. The number of anilines is 1. The maximum Gasteiger partial charge on any atom is 0.256 e. The monoisotopic (exact) mass is 438 g/mol. The molecule has 8 heteroatoms. The van der Waals surface area contributed by atoms with E-state index in [0.29, 0.717) is 35.5 Å². The number of hydrogen-bond acceptors (Lipinski definition) is 6. The molecule has 32 heavy (non-hydrogen) atoms. The molecule has 1 N–H and O–H groups in total. The summed E-state index contributed by atoms with van der Waals surface area (Å²) >= 11 is 0. The molecule has 2 atom stereocenters. The number of benzene rings is 1. The van der Waals surface area contributed by atoms with Gasteiger partial charge in [0.1, 0.15) is 17.6 Å². The van der Waals surface area contributed by atoms with Gasteiger partial charge < -0.3 is 19.5 Å². The summed E-state index contributed by atoms with van der Waals surface area (Å²) < 4.78 is 26.2. The Kier molecular flexibility index (Phi) is 6.23. The van der Waals surface area contributed by atoms with Crippen LogP contribution in [0.25, 0.3) is 11.1 Å². The highest BCUT2D eigenvalue weighted by Gasteiger charge is 2.25. The molecule has 2 aromatic heterocycles. The number of nitrogens with zero attached hydrogens (tertiary/aromatic N) is 3. The molecule has 1 aliphatic rings. The summed E-state index contributed by atoms with van der Waals surface area (Å²) in [4.78, 5) is 19.0. The van der Waals surface area contributed by atoms with Crippen LogP contribution in [0, 0.1) is 19.7 Å². The van der Waals surface area contributed by atoms with Gasteiger partial charge in [0.25, 0.3) is 5.91 Å². The number of nitrogens with one attached hydrogen (secondary N) is 1. The van der Waals surface area contributed by atoms with Crippen molar-refractivity contribution in [1.82, 2.24) is 15.5 Å². The molecule has 3 aromatic rings. The number of halogens is 1.